The van der Waals surface area contributed by atoms with Gasteiger partial charge in [-0.05, 0) is 31.0 Å². The fraction of sp³-hybridized carbons (Fsp3) is 0.438. The average Bonchev–Trinajstić information content (AvgIpc) is 2.78. The molecule has 1 aromatic heterocycles. The lowest BCUT2D eigenvalue weighted by atomic mass is 10.1. The van der Waals surface area contributed by atoms with Crippen LogP contribution in [0.2, 0.25) is 0 Å². The molecule has 0 bridgehead atoms. The molecular weight excluding hydrogens is 254 g/mol. The van der Waals surface area contributed by atoms with E-state index in [1.54, 1.807) is 13.4 Å². The van der Waals surface area contributed by atoms with Gasteiger partial charge in [-0.3, -0.25) is 4.79 Å². The van der Waals surface area contributed by atoms with E-state index >= 15 is 0 Å². The average molecular weight is 273 g/mol. The number of likely N-dealkylation sites (tertiary alicyclic amines) is 1. The number of nitrogens with zero attached hydrogens (tertiary/aromatic N) is 1. The summed E-state index contributed by atoms with van der Waals surface area (Å²) in [7, 11) is 1.61. The monoisotopic (exact) mass is 273 g/mol. The maximum atomic E-state index is 12.6. The highest BCUT2D eigenvalue weighted by Gasteiger charge is 2.19. The molecule has 3 rings (SSSR count). The van der Waals surface area contributed by atoms with Crippen LogP contribution >= 0.6 is 0 Å². The predicted molar refractivity (Wildman–Crippen MR) is 77.1 cm³/mol. The first kappa shape index (κ1) is 13.0. The Kier molecular flexibility index (Phi) is 3.63. The van der Waals surface area contributed by atoms with E-state index < -0.39 is 0 Å². The molecule has 4 nitrogen and oxygen atoms in total. The van der Waals surface area contributed by atoms with E-state index in [1.165, 1.54) is 12.8 Å². The van der Waals surface area contributed by atoms with Crippen molar-refractivity contribution in [2.75, 3.05) is 20.2 Å². The molecule has 1 aromatic carbocycles. The van der Waals surface area contributed by atoms with Crippen molar-refractivity contribution in [3.05, 3.63) is 30.0 Å². The van der Waals surface area contributed by atoms with Crippen LogP contribution in [-0.2, 0) is 0 Å². The number of hydrogen-bond donors (Lipinski definition) is 0. The van der Waals surface area contributed by atoms with Crippen LogP contribution in [0.15, 0.2) is 28.9 Å². The van der Waals surface area contributed by atoms with E-state index in [4.69, 9.17) is 9.15 Å². The summed E-state index contributed by atoms with van der Waals surface area (Å²) in [6.07, 6.45) is 6.22. The fourth-order valence-electron chi connectivity index (χ4n) is 2.79. The number of rotatable bonds is 2. The van der Waals surface area contributed by atoms with Gasteiger partial charge in [0.2, 0.25) is 0 Å². The first-order valence-corrected chi connectivity index (χ1v) is 7.14. The molecule has 0 atom stereocenters. The summed E-state index contributed by atoms with van der Waals surface area (Å²) < 4.78 is 10.8. The molecule has 0 saturated carbocycles. The van der Waals surface area contributed by atoms with Crippen molar-refractivity contribution in [1.82, 2.24) is 4.90 Å². The van der Waals surface area contributed by atoms with Gasteiger partial charge < -0.3 is 14.1 Å². The SMILES string of the molecule is COc1cc(C(=O)N2CCCCCC2)cc2occc12. The van der Waals surface area contributed by atoms with Gasteiger partial charge in [0.15, 0.2) is 0 Å². The molecule has 1 fully saturated rings. The van der Waals surface area contributed by atoms with Crippen molar-refractivity contribution in [3.63, 3.8) is 0 Å². The highest BCUT2D eigenvalue weighted by atomic mass is 16.5. The van der Waals surface area contributed by atoms with Gasteiger partial charge in [0, 0.05) is 18.7 Å². The van der Waals surface area contributed by atoms with Crippen molar-refractivity contribution in [2.24, 2.45) is 0 Å². The van der Waals surface area contributed by atoms with Crippen LogP contribution in [0.1, 0.15) is 36.0 Å². The fourth-order valence-corrected chi connectivity index (χ4v) is 2.79. The number of ether oxygens (including phenoxy) is 1. The molecular formula is C16H19NO3. The van der Waals surface area contributed by atoms with E-state index in [9.17, 15) is 4.79 Å². The number of hydrogen-bond acceptors (Lipinski definition) is 3. The van der Waals surface area contributed by atoms with Gasteiger partial charge >= 0.3 is 0 Å². The molecule has 0 radical (unpaired) electrons. The molecule has 1 amide bonds. The second-order valence-corrected chi connectivity index (χ2v) is 5.22. The summed E-state index contributed by atoms with van der Waals surface area (Å²) in [5, 5.41) is 0.903. The van der Waals surface area contributed by atoms with Crippen LogP contribution < -0.4 is 4.74 Å². The van der Waals surface area contributed by atoms with Gasteiger partial charge in [-0.1, -0.05) is 12.8 Å². The molecule has 2 aromatic rings. The minimum Gasteiger partial charge on any atom is -0.496 e. The maximum Gasteiger partial charge on any atom is 0.254 e. The number of benzene rings is 1. The zero-order chi connectivity index (χ0) is 13.9. The van der Waals surface area contributed by atoms with Gasteiger partial charge in [-0.15, -0.1) is 0 Å². The van der Waals surface area contributed by atoms with Crippen LogP contribution in [0.3, 0.4) is 0 Å². The summed E-state index contributed by atoms with van der Waals surface area (Å²) in [6, 6.07) is 5.48. The Morgan fingerprint density at radius 1 is 1.20 bits per heavy atom. The summed E-state index contributed by atoms with van der Waals surface area (Å²) in [5.74, 6) is 0.762. The first-order chi connectivity index (χ1) is 9.79. The minimum atomic E-state index is 0.0727. The maximum absolute atomic E-state index is 12.6. The van der Waals surface area contributed by atoms with E-state index in [1.807, 2.05) is 23.1 Å². The van der Waals surface area contributed by atoms with Crippen LogP contribution in [0.5, 0.6) is 5.75 Å². The normalized spacial score (nSPS) is 16.1. The third kappa shape index (κ3) is 2.38. The van der Waals surface area contributed by atoms with Crippen LogP contribution in [0.4, 0.5) is 0 Å². The Morgan fingerprint density at radius 3 is 2.65 bits per heavy atom. The smallest absolute Gasteiger partial charge is 0.254 e. The largest absolute Gasteiger partial charge is 0.496 e. The van der Waals surface area contributed by atoms with Crippen LogP contribution in [-0.4, -0.2) is 31.0 Å². The van der Waals surface area contributed by atoms with Crippen molar-refractivity contribution >= 4 is 16.9 Å². The summed E-state index contributed by atoms with van der Waals surface area (Å²) in [6.45, 7) is 1.69. The van der Waals surface area contributed by atoms with Crippen molar-refractivity contribution < 1.29 is 13.9 Å². The number of methoxy groups -OCH3 is 1. The Balaban J connectivity index is 1.94. The molecule has 20 heavy (non-hydrogen) atoms. The number of fused-ring (bicyclic) bond motifs is 1. The molecule has 0 aliphatic carbocycles. The Labute approximate surface area is 118 Å². The lowest BCUT2D eigenvalue weighted by molar-refractivity contribution is 0.0761. The van der Waals surface area contributed by atoms with Gasteiger partial charge in [-0.2, -0.15) is 0 Å². The highest BCUT2D eigenvalue weighted by Crippen LogP contribution is 2.29. The van der Waals surface area contributed by atoms with Crippen LogP contribution in [0.25, 0.3) is 11.0 Å². The Morgan fingerprint density at radius 2 is 1.95 bits per heavy atom. The second kappa shape index (κ2) is 5.57. The second-order valence-electron chi connectivity index (χ2n) is 5.22. The molecule has 0 spiro atoms. The van der Waals surface area contributed by atoms with Crippen molar-refractivity contribution in [1.29, 1.82) is 0 Å². The van der Waals surface area contributed by atoms with Gasteiger partial charge in [0.1, 0.15) is 11.3 Å². The first-order valence-electron chi connectivity index (χ1n) is 7.14. The van der Waals surface area contributed by atoms with Crippen LogP contribution in [0, 0.1) is 0 Å². The number of furan rings is 1. The molecule has 2 heterocycles. The third-order valence-corrected chi connectivity index (χ3v) is 3.89. The Hall–Kier alpha value is -1.97. The standard InChI is InChI=1S/C16H19NO3/c1-19-14-10-12(11-15-13(14)6-9-20-15)16(18)17-7-4-2-3-5-8-17/h6,9-11H,2-5,7-8H2,1H3. The minimum absolute atomic E-state index is 0.0727. The quantitative estimate of drug-likeness (QED) is 0.841. The van der Waals surface area contributed by atoms with E-state index in [0.29, 0.717) is 16.9 Å². The molecule has 1 aliphatic heterocycles. The molecule has 1 saturated heterocycles. The molecule has 106 valence electrons. The third-order valence-electron chi connectivity index (χ3n) is 3.89. The summed E-state index contributed by atoms with van der Waals surface area (Å²) >= 11 is 0. The highest BCUT2D eigenvalue weighted by molar-refractivity contribution is 5.99. The summed E-state index contributed by atoms with van der Waals surface area (Å²) in [4.78, 5) is 14.6. The molecule has 0 N–H and O–H groups in total. The van der Waals surface area contributed by atoms with Gasteiger partial charge in [0.25, 0.3) is 5.91 Å². The van der Waals surface area contributed by atoms with Gasteiger partial charge in [-0.25, -0.2) is 0 Å². The Bertz CT molecular complexity index is 609. The topological polar surface area (TPSA) is 42.7 Å². The molecule has 0 unspecified atom stereocenters. The lowest BCUT2D eigenvalue weighted by Crippen LogP contribution is -2.31. The number of carbonyl (C=O) groups is 1. The predicted octanol–water partition coefficient (Wildman–Crippen LogP) is 3.46. The zero-order valence-electron chi connectivity index (χ0n) is 11.7. The van der Waals surface area contributed by atoms with Gasteiger partial charge in [0.05, 0.1) is 18.8 Å². The summed E-state index contributed by atoms with van der Waals surface area (Å²) in [5.41, 5.74) is 1.34. The molecule has 1 aliphatic rings. The zero-order valence-corrected chi connectivity index (χ0v) is 11.7. The van der Waals surface area contributed by atoms with E-state index in [2.05, 4.69) is 0 Å². The van der Waals surface area contributed by atoms with E-state index in [0.717, 1.165) is 31.3 Å². The lowest BCUT2D eigenvalue weighted by Gasteiger charge is -2.20. The number of carbonyl (C=O) groups excluding carboxylic acids is 1. The van der Waals surface area contributed by atoms with Crippen molar-refractivity contribution in [3.8, 4) is 5.75 Å². The van der Waals surface area contributed by atoms with E-state index in [-0.39, 0.29) is 5.91 Å². The molecule has 4 heteroatoms. The van der Waals surface area contributed by atoms with Crippen molar-refractivity contribution in [2.45, 2.75) is 25.7 Å². The number of amides is 1.